The van der Waals surface area contributed by atoms with Crippen molar-refractivity contribution in [1.29, 1.82) is 0 Å². The first kappa shape index (κ1) is 25.8. The summed E-state index contributed by atoms with van der Waals surface area (Å²) in [4.78, 5) is 12.6. The molecule has 0 unspecified atom stereocenters. The molecule has 190 valence electrons. The molecule has 3 aromatic carbocycles. The van der Waals surface area contributed by atoms with Crippen molar-refractivity contribution in [2.45, 2.75) is 58.3 Å². The minimum absolute atomic E-state index is 0.0364. The van der Waals surface area contributed by atoms with Crippen LogP contribution in [0.1, 0.15) is 74.2 Å². The lowest BCUT2D eigenvalue weighted by Crippen LogP contribution is -2.16. The van der Waals surface area contributed by atoms with Crippen LogP contribution in [0.3, 0.4) is 0 Å². The van der Waals surface area contributed by atoms with Crippen LogP contribution in [-0.4, -0.2) is 12.6 Å². The number of hydrogen-bond donors (Lipinski definition) is 0. The average molecular weight is 497 g/mol. The number of rotatable bonds is 8. The second-order valence-electron chi connectivity index (χ2n) is 9.54. The third-order valence-corrected chi connectivity index (χ3v) is 6.87. The molecule has 0 atom stereocenters. The highest BCUT2D eigenvalue weighted by Crippen LogP contribution is 2.37. The topological polar surface area (TPSA) is 35.5 Å². The number of unbranched alkanes of at least 4 members (excludes halogenated alkanes) is 1. The maximum absolute atomic E-state index is 14.8. The van der Waals surface area contributed by atoms with E-state index in [1.165, 1.54) is 30.3 Å². The highest BCUT2D eigenvalue weighted by molar-refractivity contribution is 5.91. The molecule has 4 rings (SSSR count). The van der Waals surface area contributed by atoms with Gasteiger partial charge in [-0.1, -0.05) is 51.3 Å². The molecular formula is C30H31F3O3. The van der Waals surface area contributed by atoms with Crippen molar-refractivity contribution in [1.82, 2.24) is 0 Å². The SMILES string of the molecule is CCCCOc1ccc(-c2ccc(OC(=O)c3ccc(C4CCC(C)CC4)c(F)c3F)cc2)c(F)c1. The van der Waals surface area contributed by atoms with Gasteiger partial charge >= 0.3 is 5.97 Å². The number of benzene rings is 3. The Hall–Kier alpha value is -3.28. The van der Waals surface area contributed by atoms with Crippen LogP contribution >= 0.6 is 0 Å². The first-order chi connectivity index (χ1) is 17.4. The number of hydrogen-bond acceptors (Lipinski definition) is 3. The molecular weight excluding hydrogens is 465 g/mol. The zero-order chi connectivity index (χ0) is 25.7. The highest BCUT2D eigenvalue weighted by atomic mass is 19.2. The van der Waals surface area contributed by atoms with Crippen LogP contribution in [0, 0.1) is 23.4 Å². The summed E-state index contributed by atoms with van der Waals surface area (Å²) in [6.07, 6.45) is 5.46. The molecule has 0 bridgehead atoms. The Kier molecular flexibility index (Phi) is 8.34. The number of halogens is 3. The van der Waals surface area contributed by atoms with Crippen molar-refractivity contribution in [2.75, 3.05) is 6.61 Å². The first-order valence-corrected chi connectivity index (χ1v) is 12.6. The quantitative estimate of drug-likeness (QED) is 0.178. The number of esters is 1. The highest BCUT2D eigenvalue weighted by Gasteiger charge is 2.27. The zero-order valence-corrected chi connectivity index (χ0v) is 20.7. The maximum atomic E-state index is 14.8. The Morgan fingerprint density at radius 1 is 0.889 bits per heavy atom. The molecule has 3 nitrogen and oxygen atoms in total. The van der Waals surface area contributed by atoms with Gasteiger partial charge in [0.2, 0.25) is 0 Å². The van der Waals surface area contributed by atoms with E-state index in [1.54, 1.807) is 24.3 Å². The van der Waals surface area contributed by atoms with Gasteiger partial charge in [0.1, 0.15) is 17.3 Å². The van der Waals surface area contributed by atoms with Crippen molar-refractivity contribution < 1.29 is 27.4 Å². The predicted molar refractivity (Wildman–Crippen MR) is 134 cm³/mol. The van der Waals surface area contributed by atoms with Crippen LogP contribution in [-0.2, 0) is 0 Å². The summed E-state index contributed by atoms with van der Waals surface area (Å²) in [7, 11) is 0. The van der Waals surface area contributed by atoms with E-state index in [9.17, 15) is 18.0 Å². The summed E-state index contributed by atoms with van der Waals surface area (Å²) in [6, 6.07) is 13.6. The molecule has 3 aromatic rings. The van der Waals surface area contributed by atoms with Crippen LogP contribution in [0.15, 0.2) is 54.6 Å². The maximum Gasteiger partial charge on any atom is 0.346 e. The van der Waals surface area contributed by atoms with Gasteiger partial charge in [-0.15, -0.1) is 0 Å². The number of carbonyl (C=O) groups is 1. The van der Waals surface area contributed by atoms with Crippen LogP contribution in [0.5, 0.6) is 11.5 Å². The molecule has 0 heterocycles. The summed E-state index contributed by atoms with van der Waals surface area (Å²) in [6.45, 7) is 4.74. The van der Waals surface area contributed by atoms with Gasteiger partial charge in [0.25, 0.3) is 0 Å². The summed E-state index contributed by atoms with van der Waals surface area (Å²) < 4.78 is 55.0. The van der Waals surface area contributed by atoms with E-state index < -0.39 is 29.0 Å². The van der Waals surface area contributed by atoms with E-state index >= 15 is 0 Å². The summed E-state index contributed by atoms with van der Waals surface area (Å²) in [5.41, 5.74) is 0.825. The van der Waals surface area contributed by atoms with Crippen molar-refractivity contribution in [3.8, 4) is 22.6 Å². The van der Waals surface area contributed by atoms with E-state index in [0.717, 1.165) is 38.5 Å². The number of ether oxygens (including phenoxy) is 2. The lowest BCUT2D eigenvalue weighted by atomic mass is 9.79. The molecule has 0 aromatic heterocycles. The summed E-state index contributed by atoms with van der Waals surface area (Å²) in [5.74, 6) is -2.40. The molecule has 0 amide bonds. The van der Waals surface area contributed by atoms with Gasteiger partial charge in [-0.3, -0.25) is 0 Å². The van der Waals surface area contributed by atoms with Crippen molar-refractivity contribution in [3.05, 3.63) is 83.2 Å². The Labute approximate surface area is 210 Å². The van der Waals surface area contributed by atoms with Crippen molar-refractivity contribution in [3.63, 3.8) is 0 Å². The van der Waals surface area contributed by atoms with Crippen LogP contribution in [0.4, 0.5) is 13.2 Å². The van der Waals surface area contributed by atoms with Crippen LogP contribution in [0.25, 0.3) is 11.1 Å². The molecule has 0 radical (unpaired) electrons. The minimum atomic E-state index is -1.18. The Balaban J connectivity index is 1.43. The van der Waals surface area contributed by atoms with Gasteiger partial charge in [-0.05, 0) is 72.6 Å². The largest absolute Gasteiger partial charge is 0.493 e. The molecule has 0 N–H and O–H groups in total. The Morgan fingerprint density at radius 2 is 1.58 bits per heavy atom. The van der Waals surface area contributed by atoms with E-state index in [2.05, 4.69) is 13.8 Å². The van der Waals surface area contributed by atoms with Crippen LogP contribution in [0.2, 0.25) is 0 Å². The Morgan fingerprint density at radius 3 is 2.25 bits per heavy atom. The second kappa shape index (κ2) is 11.6. The summed E-state index contributed by atoms with van der Waals surface area (Å²) >= 11 is 0. The van der Waals surface area contributed by atoms with Gasteiger partial charge < -0.3 is 9.47 Å². The summed E-state index contributed by atoms with van der Waals surface area (Å²) in [5, 5.41) is 0. The lowest BCUT2D eigenvalue weighted by molar-refractivity contribution is 0.0728. The smallest absolute Gasteiger partial charge is 0.346 e. The van der Waals surface area contributed by atoms with Crippen LogP contribution < -0.4 is 9.47 Å². The van der Waals surface area contributed by atoms with Gasteiger partial charge in [0.05, 0.1) is 12.2 Å². The van der Waals surface area contributed by atoms with Crippen molar-refractivity contribution >= 4 is 5.97 Å². The third kappa shape index (κ3) is 5.92. The number of carbonyl (C=O) groups excluding carboxylic acids is 1. The zero-order valence-electron chi connectivity index (χ0n) is 20.7. The Bertz CT molecular complexity index is 1200. The van der Waals surface area contributed by atoms with E-state index in [4.69, 9.17) is 9.47 Å². The molecule has 0 spiro atoms. The van der Waals surface area contributed by atoms with Gasteiger partial charge in [-0.2, -0.15) is 0 Å². The molecule has 1 saturated carbocycles. The predicted octanol–water partition coefficient (Wildman–Crippen LogP) is 8.46. The molecule has 0 aliphatic heterocycles. The lowest BCUT2D eigenvalue weighted by Gasteiger charge is -2.27. The first-order valence-electron chi connectivity index (χ1n) is 12.6. The minimum Gasteiger partial charge on any atom is -0.493 e. The molecule has 6 heteroatoms. The molecule has 1 aliphatic carbocycles. The monoisotopic (exact) mass is 496 g/mol. The van der Waals surface area contributed by atoms with Crippen molar-refractivity contribution in [2.24, 2.45) is 5.92 Å². The van der Waals surface area contributed by atoms with E-state index in [0.29, 0.717) is 35.0 Å². The third-order valence-electron chi connectivity index (χ3n) is 6.87. The molecule has 1 aliphatic rings. The van der Waals surface area contributed by atoms with E-state index in [1.807, 2.05) is 0 Å². The van der Waals surface area contributed by atoms with E-state index in [-0.39, 0.29) is 11.7 Å². The fourth-order valence-electron chi connectivity index (χ4n) is 4.63. The van der Waals surface area contributed by atoms with Gasteiger partial charge in [0.15, 0.2) is 11.6 Å². The molecule has 0 saturated heterocycles. The van der Waals surface area contributed by atoms with Gasteiger partial charge in [0, 0.05) is 11.6 Å². The van der Waals surface area contributed by atoms with Gasteiger partial charge in [-0.25, -0.2) is 18.0 Å². The molecule has 36 heavy (non-hydrogen) atoms. The average Bonchev–Trinajstić information content (AvgIpc) is 2.87. The second-order valence-corrected chi connectivity index (χ2v) is 9.54. The fraction of sp³-hybridized carbons (Fsp3) is 0.367. The standard InChI is InChI=1S/C30H31F3O3/c1-3-4-17-35-23-13-14-24(27(31)18-23)20-9-11-22(12-10-20)36-30(34)26-16-15-25(28(32)29(26)33)21-7-5-19(2)6-8-21/h9-16,18-19,21H,3-8,17H2,1-2H3. The molecule has 1 fully saturated rings. The normalized spacial score (nSPS) is 17.6. The fourth-order valence-corrected chi connectivity index (χ4v) is 4.63.